The molecule has 74 heavy (non-hydrogen) atoms. The molecule has 0 saturated heterocycles. The number of aliphatic hydroxyl groups is 2. The molecule has 16 nitrogen and oxygen atoms in total. The molecule has 0 bridgehead atoms. The summed E-state index contributed by atoms with van der Waals surface area (Å²) in [4.78, 5) is 44.1. The van der Waals surface area contributed by atoms with Gasteiger partial charge >= 0.3 is 12.2 Å². The molecule has 6 rings (SSSR count). The van der Waals surface area contributed by atoms with E-state index in [4.69, 9.17) is 42.6 Å². The molecule has 2 aromatic heterocycles. The highest BCUT2D eigenvalue weighted by Crippen LogP contribution is 2.33. The van der Waals surface area contributed by atoms with Gasteiger partial charge in [0, 0.05) is 34.9 Å². The number of pyridine rings is 2. The number of alkyl halides is 2. The van der Waals surface area contributed by atoms with Crippen LogP contribution in [-0.2, 0) is 62.3 Å². The van der Waals surface area contributed by atoms with Crippen LogP contribution in [0.15, 0.2) is 109 Å². The summed E-state index contributed by atoms with van der Waals surface area (Å²) in [5.41, 5.74) is 4.13. The average molecular weight is 1010 g/mol. The summed E-state index contributed by atoms with van der Waals surface area (Å²) in [7, 11) is 0. The Bertz CT molecular complexity index is 2850. The predicted molar refractivity (Wildman–Crippen MR) is 271 cm³/mol. The Hall–Kier alpha value is -8.94. The third kappa shape index (κ3) is 15.5. The average Bonchev–Trinajstić information content (AvgIpc) is 3.39. The van der Waals surface area contributed by atoms with E-state index >= 15 is 0 Å². The molecule has 0 fully saturated rings. The van der Waals surface area contributed by atoms with E-state index in [0.29, 0.717) is 56.1 Å². The molecule has 0 aliphatic rings. The maximum atomic E-state index is 14.4. The summed E-state index contributed by atoms with van der Waals surface area (Å²) in [5.74, 6) is 0.196. The molecule has 0 unspecified atom stereocenters. The Morgan fingerprint density at radius 2 is 0.986 bits per heavy atom. The first-order valence-corrected chi connectivity index (χ1v) is 22.9. The molecule has 2 N–H and O–H groups in total. The van der Waals surface area contributed by atoms with Gasteiger partial charge in [-0.3, -0.25) is 19.8 Å². The third-order valence-electron chi connectivity index (χ3n) is 10.6. The number of carbonyl (C=O) groups excluding carboxylic acids is 2. The van der Waals surface area contributed by atoms with Crippen LogP contribution >= 0.6 is 0 Å². The molecule has 4 aromatic carbocycles. The van der Waals surface area contributed by atoms with Gasteiger partial charge in [0.25, 0.3) is 0 Å². The summed E-state index contributed by atoms with van der Waals surface area (Å²) >= 11 is 0. The lowest BCUT2D eigenvalue weighted by atomic mass is 10.1. The van der Waals surface area contributed by atoms with Crippen molar-refractivity contribution >= 4 is 34.9 Å². The number of ether oxygens (including phenoxy) is 4. The smallest absolute Gasteiger partial charge is 0.415 e. The summed E-state index contributed by atoms with van der Waals surface area (Å²) in [6.07, 6.45) is 1.51. The SMILES string of the molecule is [C-]#[N+]c1ccc(COc2c(CF)ncc(CN(C(=O)OC(C)(C)C)c3ccc(C#N)cc3)c2CF)cc1.[C-]#[N+]c1ccc(COc2c(CO)ncc(CN(C(=O)OC(C)(C)C)c3ccc(C#N)cc3)c2CO)cc1. The quantitative estimate of drug-likeness (QED) is 0.0871. The number of rotatable bonds is 16. The summed E-state index contributed by atoms with van der Waals surface area (Å²) < 4.78 is 51.1. The second-order valence-corrected chi connectivity index (χ2v) is 18.2. The highest BCUT2D eigenvalue weighted by atomic mass is 19.1. The highest BCUT2D eigenvalue weighted by Gasteiger charge is 2.28. The first-order chi connectivity index (χ1) is 35.4. The lowest BCUT2D eigenvalue weighted by molar-refractivity contribution is 0.0566. The number of carbonyl (C=O) groups is 2. The lowest BCUT2D eigenvalue weighted by Gasteiger charge is -2.28. The molecule has 2 heterocycles. The zero-order valence-corrected chi connectivity index (χ0v) is 41.7. The number of anilines is 2. The van der Waals surface area contributed by atoms with Crippen LogP contribution < -0.4 is 19.3 Å². The Kier molecular flexibility index (Phi) is 19.6. The molecule has 0 aliphatic carbocycles. The third-order valence-corrected chi connectivity index (χ3v) is 10.6. The second kappa shape index (κ2) is 26.0. The lowest BCUT2D eigenvalue weighted by Crippen LogP contribution is -2.36. The molecule has 0 atom stereocenters. The Balaban J connectivity index is 0.000000274. The number of amides is 2. The van der Waals surface area contributed by atoms with Gasteiger partial charge in [-0.25, -0.2) is 28.1 Å². The van der Waals surface area contributed by atoms with Crippen molar-refractivity contribution in [3.63, 3.8) is 0 Å². The van der Waals surface area contributed by atoms with Crippen molar-refractivity contribution in [2.45, 2.75) is 106 Å². The number of hydrogen-bond donors (Lipinski definition) is 2. The second-order valence-electron chi connectivity index (χ2n) is 18.2. The van der Waals surface area contributed by atoms with Gasteiger partial charge < -0.3 is 29.2 Å². The first-order valence-electron chi connectivity index (χ1n) is 22.9. The summed E-state index contributed by atoms with van der Waals surface area (Å²) in [6.45, 7) is 21.8. The van der Waals surface area contributed by atoms with E-state index in [2.05, 4.69) is 25.7 Å². The van der Waals surface area contributed by atoms with Crippen LogP contribution in [0, 0.1) is 35.8 Å². The Labute approximate surface area is 428 Å². The fourth-order valence-corrected chi connectivity index (χ4v) is 6.94. The van der Waals surface area contributed by atoms with E-state index < -0.39 is 50.0 Å². The topological polar surface area (TPSA) is 200 Å². The molecule has 6 aromatic rings. The number of hydrogen-bond acceptors (Lipinski definition) is 12. The molecular formula is C56H54F2N8O8. The largest absolute Gasteiger partial charge is 0.487 e. The fraction of sp³-hybridized carbons (Fsp3) is 0.286. The molecule has 0 aliphatic heterocycles. The van der Waals surface area contributed by atoms with Crippen LogP contribution in [0.2, 0.25) is 0 Å². The van der Waals surface area contributed by atoms with Gasteiger partial charge in [0.1, 0.15) is 60.7 Å². The van der Waals surface area contributed by atoms with Crippen molar-refractivity contribution in [2.24, 2.45) is 0 Å². The molecule has 0 spiro atoms. The molecule has 0 saturated carbocycles. The summed E-state index contributed by atoms with van der Waals surface area (Å²) in [5, 5.41) is 38.4. The minimum absolute atomic E-state index is 0.00846. The predicted octanol–water partition coefficient (Wildman–Crippen LogP) is 12.0. The van der Waals surface area contributed by atoms with E-state index in [1.807, 2.05) is 6.07 Å². The first kappa shape index (κ1) is 56.0. The van der Waals surface area contributed by atoms with Gasteiger partial charge in [-0.05, 0) is 112 Å². The minimum Gasteiger partial charge on any atom is -0.487 e. The molecule has 2 amide bonds. The van der Waals surface area contributed by atoms with Crippen molar-refractivity contribution in [3.05, 3.63) is 188 Å². The van der Waals surface area contributed by atoms with Gasteiger partial charge in [0.2, 0.25) is 0 Å². The van der Waals surface area contributed by atoms with E-state index in [1.54, 1.807) is 139 Å². The maximum Gasteiger partial charge on any atom is 0.415 e. The number of halogens is 2. The van der Waals surface area contributed by atoms with Crippen LogP contribution in [-0.4, -0.2) is 43.6 Å². The van der Waals surface area contributed by atoms with Gasteiger partial charge in [0.05, 0.1) is 62.7 Å². The van der Waals surface area contributed by atoms with Crippen molar-refractivity contribution in [2.75, 3.05) is 9.80 Å². The number of benzene rings is 4. The monoisotopic (exact) mass is 1000 g/mol. The molecule has 380 valence electrons. The fourth-order valence-electron chi connectivity index (χ4n) is 6.94. The van der Waals surface area contributed by atoms with Crippen LogP contribution in [0.25, 0.3) is 9.69 Å². The number of nitriles is 2. The van der Waals surface area contributed by atoms with Gasteiger partial charge in [-0.2, -0.15) is 10.5 Å². The Morgan fingerprint density at radius 1 is 0.595 bits per heavy atom. The number of aliphatic hydroxyl groups excluding tert-OH is 2. The number of aromatic nitrogens is 2. The van der Waals surface area contributed by atoms with E-state index in [0.717, 1.165) is 5.56 Å². The molecular weight excluding hydrogens is 951 g/mol. The van der Waals surface area contributed by atoms with Crippen LogP contribution in [0.4, 0.5) is 41.1 Å². The van der Waals surface area contributed by atoms with Crippen LogP contribution in [0.3, 0.4) is 0 Å². The van der Waals surface area contributed by atoms with E-state index in [-0.39, 0.29) is 54.8 Å². The van der Waals surface area contributed by atoms with Crippen molar-refractivity contribution < 1.29 is 47.5 Å². The van der Waals surface area contributed by atoms with Crippen LogP contribution in [0.1, 0.15) is 97.4 Å². The maximum absolute atomic E-state index is 14.4. The van der Waals surface area contributed by atoms with E-state index in [9.17, 15) is 28.6 Å². The van der Waals surface area contributed by atoms with Crippen molar-refractivity contribution in [1.82, 2.24) is 9.97 Å². The van der Waals surface area contributed by atoms with Gasteiger partial charge in [-0.1, -0.05) is 48.5 Å². The van der Waals surface area contributed by atoms with Crippen molar-refractivity contribution in [1.29, 1.82) is 10.5 Å². The summed E-state index contributed by atoms with van der Waals surface area (Å²) in [6, 6.07) is 30.4. The van der Waals surface area contributed by atoms with Gasteiger partial charge in [-0.15, -0.1) is 0 Å². The Morgan fingerprint density at radius 3 is 1.32 bits per heavy atom. The van der Waals surface area contributed by atoms with Crippen LogP contribution in [0.5, 0.6) is 11.5 Å². The number of nitrogens with zero attached hydrogens (tertiary/aromatic N) is 8. The normalized spacial score (nSPS) is 10.8. The highest BCUT2D eigenvalue weighted by molar-refractivity contribution is 5.89. The molecule has 0 radical (unpaired) electrons. The van der Waals surface area contributed by atoms with Gasteiger partial charge in [0.15, 0.2) is 11.4 Å². The zero-order chi connectivity index (χ0) is 54.0. The molecule has 18 heteroatoms. The van der Waals surface area contributed by atoms with Crippen molar-refractivity contribution in [3.8, 4) is 23.6 Å². The zero-order valence-electron chi connectivity index (χ0n) is 41.7. The standard InChI is InChI=1S/C28H26F2N4O3.C28H28N4O5/c1-28(2,3)37-27(35)34(23-11-7-19(15-31)8-12-23)17-21-16-33-25(14-30)26(24(21)13-29)36-18-20-5-9-22(32-4)10-6-20;1-28(2,3)37-27(35)32(23-11-7-19(13-29)8-12-23)15-21-14-31-25(17-34)26(24(21)16-33)36-18-20-5-9-22(30-4)10-6-20/h5-12,16H,13-14,17-18H2,1-3H3;5-12,14,33-34H,15-18H2,1-3H3. The van der Waals surface area contributed by atoms with E-state index in [1.165, 1.54) is 22.2 Å². The minimum atomic E-state index is -0.980.